The molecule has 0 unspecified atom stereocenters. The van der Waals surface area contributed by atoms with E-state index in [4.69, 9.17) is 0 Å². The number of carbonyl (C=O) groups excluding carboxylic acids is 2. The number of amides is 2. The minimum absolute atomic E-state index is 0.0307. The van der Waals surface area contributed by atoms with Gasteiger partial charge in [0.15, 0.2) is 5.78 Å². The van der Waals surface area contributed by atoms with Gasteiger partial charge in [-0.2, -0.15) is 13.2 Å². The maximum atomic E-state index is 12.7. The fraction of sp³-hybridized carbons (Fsp3) is 0.0833. The van der Waals surface area contributed by atoms with Gasteiger partial charge in [-0.05, 0) is 60.5 Å². The molecule has 0 spiro atoms. The number of ketones is 1. The van der Waals surface area contributed by atoms with E-state index in [0.717, 1.165) is 34.2 Å². The minimum Gasteiger partial charge on any atom is -0.359 e. The van der Waals surface area contributed by atoms with Crippen molar-refractivity contribution < 1.29 is 22.8 Å². The highest BCUT2D eigenvalue weighted by Gasteiger charge is 2.30. The number of halogens is 3. The van der Waals surface area contributed by atoms with Crippen LogP contribution in [0.25, 0.3) is 22.0 Å². The van der Waals surface area contributed by atoms with E-state index in [-0.39, 0.29) is 11.5 Å². The second kappa shape index (κ2) is 8.22. The number of fused-ring (bicyclic) bond motifs is 1. The minimum atomic E-state index is -4.44. The smallest absolute Gasteiger partial charge is 0.359 e. The molecule has 0 aliphatic carbocycles. The molecular formula is C24H18F3N3O2. The van der Waals surface area contributed by atoms with Crippen LogP contribution in [0.2, 0.25) is 0 Å². The van der Waals surface area contributed by atoms with Crippen molar-refractivity contribution in [1.29, 1.82) is 0 Å². The molecule has 0 bridgehead atoms. The zero-order valence-corrected chi connectivity index (χ0v) is 16.9. The molecule has 4 aromatic rings. The Morgan fingerprint density at radius 1 is 0.875 bits per heavy atom. The molecule has 4 rings (SSSR count). The Labute approximate surface area is 181 Å². The van der Waals surface area contributed by atoms with Gasteiger partial charge in [0.1, 0.15) is 0 Å². The number of aromatic nitrogens is 1. The van der Waals surface area contributed by atoms with E-state index in [1.54, 1.807) is 18.3 Å². The average Bonchev–Trinajstić information content (AvgIpc) is 3.15. The van der Waals surface area contributed by atoms with Crippen LogP contribution in [0.3, 0.4) is 0 Å². The van der Waals surface area contributed by atoms with Crippen LogP contribution in [0.1, 0.15) is 22.8 Å². The molecule has 0 saturated carbocycles. The molecule has 162 valence electrons. The standard InChI is InChI=1S/C24H18F3N3O2/c1-14(31)15-3-2-4-16(11-15)17-5-10-21-20(12-17)22(13-28-21)30-23(32)29-19-8-6-18(7-9-19)24(25,26)27/h2-13,28H,1H3,(H2,29,30,32). The summed E-state index contributed by atoms with van der Waals surface area (Å²) in [6.07, 6.45) is -2.81. The van der Waals surface area contributed by atoms with Gasteiger partial charge in [0, 0.05) is 28.4 Å². The van der Waals surface area contributed by atoms with Crippen molar-refractivity contribution in [3.05, 3.63) is 84.1 Å². The maximum Gasteiger partial charge on any atom is 0.416 e. The fourth-order valence-electron chi connectivity index (χ4n) is 3.35. The first-order valence-electron chi connectivity index (χ1n) is 9.68. The van der Waals surface area contributed by atoms with Crippen LogP contribution in [-0.2, 0) is 6.18 Å². The number of hydrogen-bond acceptors (Lipinski definition) is 2. The van der Waals surface area contributed by atoms with Crippen LogP contribution in [0.15, 0.2) is 72.9 Å². The summed E-state index contributed by atoms with van der Waals surface area (Å²) in [5.41, 5.74) is 3.08. The summed E-state index contributed by atoms with van der Waals surface area (Å²) in [6, 6.07) is 16.5. The molecule has 0 aliphatic heterocycles. The molecule has 32 heavy (non-hydrogen) atoms. The van der Waals surface area contributed by atoms with Gasteiger partial charge in [-0.15, -0.1) is 0 Å². The highest BCUT2D eigenvalue weighted by molar-refractivity contribution is 6.06. The van der Waals surface area contributed by atoms with Gasteiger partial charge < -0.3 is 15.6 Å². The highest BCUT2D eigenvalue weighted by atomic mass is 19.4. The maximum absolute atomic E-state index is 12.7. The number of carbonyl (C=O) groups is 2. The zero-order chi connectivity index (χ0) is 22.9. The largest absolute Gasteiger partial charge is 0.416 e. The van der Waals surface area contributed by atoms with Gasteiger partial charge in [0.2, 0.25) is 0 Å². The van der Waals surface area contributed by atoms with E-state index < -0.39 is 17.8 Å². The zero-order valence-electron chi connectivity index (χ0n) is 16.9. The summed E-state index contributed by atoms with van der Waals surface area (Å²) in [7, 11) is 0. The van der Waals surface area contributed by atoms with Crippen molar-refractivity contribution in [1.82, 2.24) is 4.98 Å². The first-order valence-corrected chi connectivity index (χ1v) is 9.68. The molecule has 3 aromatic carbocycles. The van der Waals surface area contributed by atoms with E-state index in [9.17, 15) is 22.8 Å². The summed E-state index contributed by atoms with van der Waals surface area (Å²) in [5.74, 6) is -0.0307. The van der Waals surface area contributed by atoms with Crippen molar-refractivity contribution in [2.45, 2.75) is 13.1 Å². The third-order valence-electron chi connectivity index (χ3n) is 5.00. The summed E-state index contributed by atoms with van der Waals surface area (Å²) in [6.45, 7) is 1.51. The van der Waals surface area contributed by atoms with Crippen LogP contribution in [0.4, 0.5) is 29.3 Å². The number of alkyl halides is 3. The van der Waals surface area contributed by atoms with E-state index in [0.29, 0.717) is 11.3 Å². The Morgan fingerprint density at radius 3 is 2.28 bits per heavy atom. The first kappa shape index (κ1) is 21.2. The summed E-state index contributed by atoms with van der Waals surface area (Å²) in [4.78, 5) is 27.1. The Balaban J connectivity index is 1.54. The number of rotatable bonds is 4. The fourth-order valence-corrected chi connectivity index (χ4v) is 3.35. The van der Waals surface area contributed by atoms with E-state index in [1.165, 1.54) is 19.1 Å². The number of benzene rings is 3. The molecule has 1 heterocycles. The number of aromatic amines is 1. The summed E-state index contributed by atoms with van der Waals surface area (Å²) >= 11 is 0. The number of anilines is 2. The molecule has 0 aliphatic rings. The van der Waals surface area contributed by atoms with Gasteiger partial charge in [0.25, 0.3) is 0 Å². The first-order chi connectivity index (χ1) is 15.2. The lowest BCUT2D eigenvalue weighted by Gasteiger charge is -2.10. The molecule has 0 saturated heterocycles. The number of nitrogens with one attached hydrogen (secondary N) is 3. The number of urea groups is 1. The summed E-state index contributed by atoms with van der Waals surface area (Å²) < 4.78 is 38.0. The highest BCUT2D eigenvalue weighted by Crippen LogP contribution is 2.31. The van der Waals surface area contributed by atoms with Gasteiger partial charge in [-0.25, -0.2) is 4.79 Å². The van der Waals surface area contributed by atoms with E-state index in [2.05, 4.69) is 15.6 Å². The second-order valence-corrected chi connectivity index (χ2v) is 7.25. The molecule has 0 atom stereocenters. The van der Waals surface area contributed by atoms with Crippen LogP contribution < -0.4 is 10.6 Å². The van der Waals surface area contributed by atoms with Crippen molar-refractivity contribution in [3.63, 3.8) is 0 Å². The molecule has 0 radical (unpaired) electrons. The predicted octanol–water partition coefficient (Wildman–Crippen LogP) is 6.70. The molecule has 0 fully saturated rings. The molecular weight excluding hydrogens is 419 g/mol. The van der Waals surface area contributed by atoms with E-state index >= 15 is 0 Å². The Morgan fingerprint density at radius 2 is 1.59 bits per heavy atom. The van der Waals surface area contributed by atoms with Gasteiger partial charge in [-0.3, -0.25) is 4.79 Å². The monoisotopic (exact) mass is 437 g/mol. The van der Waals surface area contributed by atoms with Crippen LogP contribution in [0, 0.1) is 0 Å². The molecule has 5 nitrogen and oxygen atoms in total. The molecule has 8 heteroatoms. The quantitative estimate of drug-likeness (QED) is 0.311. The van der Waals surface area contributed by atoms with Gasteiger partial charge in [0.05, 0.1) is 11.3 Å². The average molecular weight is 437 g/mol. The normalized spacial score (nSPS) is 11.4. The second-order valence-electron chi connectivity index (χ2n) is 7.25. The third kappa shape index (κ3) is 4.49. The molecule has 2 amide bonds. The Bertz CT molecular complexity index is 1310. The van der Waals surface area contributed by atoms with E-state index in [1.807, 2.05) is 30.3 Å². The van der Waals surface area contributed by atoms with Crippen molar-refractivity contribution in [2.24, 2.45) is 0 Å². The topological polar surface area (TPSA) is 74.0 Å². The van der Waals surface area contributed by atoms with Crippen LogP contribution >= 0.6 is 0 Å². The Kier molecular flexibility index (Phi) is 5.44. The van der Waals surface area contributed by atoms with Crippen LogP contribution in [-0.4, -0.2) is 16.8 Å². The van der Waals surface area contributed by atoms with Crippen molar-refractivity contribution >= 4 is 34.1 Å². The van der Waals surface area contributed by atoms with Gasteiger partial charge >= 0.3 is 12.2 Å². The molecule has 3 N–H and O–H groups in total. The van der Waals surface area contributed by atoms with Gasteiger partial charge in [-0.1, -0.05) is 24.3 Å². The van der Waals surface area contributed by atoms with Crippen molar-refractivity contribution in [3.8, 4) is 11.1 Å². The predicted molar refractivity (Wildman–Crippen MR) is 118 cm³/mol. The Hall–Kier alpha value is -4.07. The number of H-pyrrole nitrogens is 1. The van der Waals surface area contributed by atoms with Crippen LogP contribution in [0.5, 0.6) is 0 Å². The van der Waals surface area contributed by atoms with Crippen molar-refractivity contribution in [2.75, 3.05) is 10.6 Å². The molecule has 1 aromatic heterocycles. The lowest BCUT2D eigenvalue weighted by atomic mass is 10.0. The SMILES string of the molecule is CC(=O)c1cccc(-c2ccc3[nH]cc(NC(=O)Nc4ccc(C(F)(F)F)cc4)c3c2)c1. The third-order valence-corrected chi connectivity index (χ3v) is 5.00. The lowest BCUT2D eigenvalue weighted by Crippen LogP contribution is -2.19. The number of Topliss-reactive ketones (excluding diaryl/α,β-unsaturated/α-hetero) is 1. The summed E-state index contributed by atoms with van der Waals surface area (Å²) in [5, 5.41) is 5.98. The number of hydrogen-bond donors (Lipinski definition) is 3. The lowest BCUT2D eigenvalue weighted by molar-refractivity contribution is -0.137.